The van der Waals surface area contributed by atoms with Gasteiger partial charge >= 0.3 is 17.9 Å². The molecule has 1 atom stereocenters. The molecule has 6 nitrogen and oxygen atoms in total. The summed E-state index contributed by atoms with van der Waals surface area (Å²) in [6, 6.07) is 0. The van der Waals surface area contributed by atoms with Crippen LogP contribution in [0.1, 0.15) is 233 Å². The van der Waals surface area contributed by atoms with Gasteiger partial charge in [-0.3, -0.25) is 14.4 Å². The van der Waals surface area contributed by atoms with Gasteiger partial charge in [-0.25, -0.2) is 0 Å². The zero-order valence-corrected chi connectivity index (χ0v) is 35.7. The maximum absolute atomic E-state index is 12.7. The van der Waals surface area contributed by atoms with Crippen molar-refractivity contribution in [3.63, 3.8) is 0 Å². The number of esters is 3. The lowest BCUT2D eigenvalue weighted by Gasteiger charge is -2.18. The Morgan fingerprint density at radius 3 is 1.15 bits per heavy atom. The summed E-state index contributed by atoms with van der Waals surface area (Å²) in [6.45, 7) is 6.52. The van der Waals surface area contributed by atoms with Crippen molar-refractivity contribution in [1.29, 1.82) is 0 Å². The highest BCUT2D eigenvalue weighted by atomic mass is 16.6. The van der Waals surface area contributed by atoms with Crippen molar-refractivity contribution >= 4 is 17.9 Å². The number of hydrogen-bond acceptors (Lipinski definition) is 6. The van der Waals surface area contributed by atoms with E-state index in [2.05, 4.69) is 57.2 Å². The Labute approximate surface area is 334 Å². The monoisotopic (exact) mass is 759 g/mol. The van der Waals surface area contributed by atoms with Gasteiger partial charge in [0, 0.05) is 19.3 Å². The first kappa shape index (κ1) is 51.6. The lowest BCUT2D eigenvalue weighted by molar-refractivity contribution is -0.167. The smallest absolute Gasteiger partial charge is 0.306 e. The molecule has 6 heteroatoms. The maximum atomic E-state index is 12.7. The predicted molar refractivity (Wildman–Crippen MR) is 229 cm³/mol. The molecule has 0 bridgehead atoms. The summed E-state index contributed by atoms with van der Waals surface area (Å²) in [4.78, 5) is 37.7. The molecule has 0 heterocycles. The van der Waals surface area contributed by atoms with Crippen LogP contribution in [0.5, 0.6) is 0 Å². The van der Waals surface area contributed by atoms with E-state index in [1.54, 1.807) is 0 Å². The van der Waals surface area contributed by atoms with Gasteiger partial charge in [-0.2, -0.15) is 0 Å². The van der Waals surface area contributed by atoms with Crippen LogP contribution in [0.15, 0.2) is 36.5 Å². The molecule has 0 saturated heterocycles. The van der Waals surface area contributed by atoms with Crippen LogP contribution in [0, 0.1) is 0 Å². The summed E-state index contributed by atoms with van der Waals surface area (Å²) in [5.41, 5.74) is 0. The molecular weight excluding hydrogens is 673 g/mol. The third-order valence-corrected chi connectivity index (χ3v) is 9.85. The van der Waals surface area contributed by atoms with Gasteiger partial charge in [0.05, 0.1) is 0 Å². The van der Waals surface area contributed by atoms with E-state index in [0.29, 0.717) is 19.3 Å². The van der Waals surface area contributed by atoms with E-state index in [-0.39, 0.29) is 31.1 Å². The summed E-state index contributed by atoms with van der Waals surface area (Å²) in [5, 5.41) is 0. The van der Waals surface area contributed by atoms with Gasteiger partial charge in [0.15, 0.2) is 6.10 Å². The summed E-state index contributed by atoms with van der Waals surface area (Å²) >= 11 is 0. The zero-order chi connectivity index (χ0) is 39.4. The Morgan fingerprint density at radius 2 is 0.704 bits per heavy atom. The SMILES string of the molecule is CCC/C=C\CCCCCCCC(=O)OCC(COC(=O)CCCCCCC/C=C\C/C=C\CCCCC)OC(=O)CCCCCCCCCCCCC. The molecule has 0 aromatic heterocycles. The highest BCUT2D eigenvalue weighted by Gasteiger charge is 2.19. The predicted octanol–water partition coefficient (Wildman–Crippen LogP) is 14.6. The molecule has 0 aliphatic heterocycles. The molecule has 0 aromatic carbocycles. The Balaban J connectivity index is 4.37. The Kier molecular flexibility index (Phi) is 41.5. The van der Waals surface area contributed by atoms with E-state index in [1.165, 1.54) is 103 Å². The first-order chi connectivity index (χ1) is 26.5. The van der Waals surface area contributed by atoms with Crippen LogP contribution in [0.2, 0.25) is 0 Å². The van der Waals surface area contributed by atoms with Gasteiger partial charge in [0.2, 0.25) is 0 Å². The first-order valence-electron chi connectivity index (χ1n) is 23.0. The number of ether oxygens (including phenoxy) is 3. The molecule has 0 aliphatic rings. The molecular formula is C48H86O6. The highest BCUT2D eigenvalue weighted by Crippen LogP contribution is 2.14. The van der Waals surface area contributed by atoms with Crippen molar-refractivity contribution in [2.45, 2.75) is 239 Å². The molecule has 0 spiro atoms. The lowest BCUT2D eigenvalue weighted by atomic mass is 10.1. The quantitative estimate of drug-likeness (QED) is 0.0267. The third-order valence-electron chi connectivity index (χ3n) is 9.85. The van der Waals surface area contributed by atoms with Crippen molar-refractivity contribution in [1.82, 2.24) is 0 Å². The maximum Gasteiger partial charge on any atom is 0.306 e. The number of unbranched alkanes of at least 4 members (excludes halogenated alkanes) is 24. The van der Waals surface area contributed by atoms with E-state index >= 15 is 0 Å². The molecule has 0 radical (unpaired) electrons. The number of carbonyl (C=O) groups is 3. The molecule has 0 rings (SSSR count). The van der Waals surface area contributed by atoms with E-state index in [1.807, 2.05) is 0 Å². The minimum absolute atomic E-state index is 0.0795. The van der Waals surface area contributed by atoms with Gasteiger partial charge in [-0.15, -0.1) is 0 Å². The minimum atomic E-state index is -0.775. The second-order valence-electron chi connectivity index (χ2n) is 15.3. The van der Waals surface area contributed by atoms with E-state index in [4.69, 9.17) is 14.2 Å². The van der Waals surface area contributed by atoms with E-state index < -0.39 is 6.10 Å². The van der Waals surface area contributed by atoms with Crippen LogP contribution < -0.4 is 0 Å². The number of allylic oxidation sites excluding steroid dienone is 6. The Hall–Kier alpha value is -2.37. The normalized spacial score (nSPS) is 12.3. The molecule has 0 aliphatic carbocycles. The van der Waals surface area contributed by atoms with Crippen LogP contribution >= 0.6 is 0 Å². The molecule has 0 aromatic rings. The van der Waals surface area contributed by atoms with Crippen LogP contribution in [0.3, 0.4) is 0 Å². The minimum Gasteiger partial charge on any atom is -0.462 e. The number of carbonyl (C=O) groups excluding carboxylic acids is 3. The van der Waals surface area contributed by atoms with Crippen molar-refractivity contribution < 1.29 is 28.6 Å². The van der Waals surface area contributed by atoms with Crippen molar-refractivity contribution in [2.75, 3.05) is 13.2 Å². The van der Waals surface area contributed by atoms with E-state index in [0.717, 1.165) is 89.9 Å². The fraction of sp³-hybridized carbons (Fsp3) is 0.812. The standard InChI is InChI=1S/C48H86O6/c1-4-7-10-13-16-19-22-23-24-25-27-29-32-35-38-41-47(50)53-44-45(43-52-46(49)40-37-34-31-28-21-18-15-12-9-6-3)54-48(51)42-39-36-33-30-26-20-17-14-11-8-5-2/h12,15-16,19,23-24,45H,4-11,13-14,17-18,20-22,25-44H2,1-3H3/b15-12-,19-16-,24-23-. The molecule has 314 valence electrons. The fourth-order valence-electron chi connectivity index (χ4n) is 6.36. The number of hydrogen-bond donors (Lipinski definition) is 0. The summed E-state index contributed by atoms with van der Waals surface area (Å²) in [7, 11) is 0. The Morgan fingerprint density at radius 1 is 0.370 bits per heavy atom. The van der Waals surface area contributed by atoms with Crippen LogP contribution in [-0.4, -0.2) is 37.2 Å². The molecule has 0 saturated carbocycles. The van der Waals surface area contributed by atoms with Crippen LogP contribution in [0.25, 0.3) is 0 Å². The topological polar surface area (TPSA) is 78.9 Å². The zero-order valence-electron chi connectivity index (χ0n) is 35.7. The summed E-state index contributed by atoms with van der Waals surface area (Å²) in [6.07, 6.45) is 48.4. The van der Waals surface area contributed by atoms with E-state index in [9.17, 15) is 14.4 Å². The molecule has 54 heavy (non-hydrogen) atoms. The Bertz CT molecular complexity index is 922. The second-order valence-corrected chi connectivity index (χ2v) is 15.3. The van der Waals surface area contributed by atoms with Crippen LogP contribution in [-0.2, 0) is 28.6 Å². The third kappa shape index (κ3) is 40.8. The fourth-order valence-corrected chi connectivity index (χ4v) is 6.36. The van der Waals surface area contributed by atoms with Crippen LogP contribution in [0.4, 0.5) is 0 Å². The average Bonchev–Trinajstić information content (AvgIpc) is 3.17. The summed E-state index contributed by atoms with van der Waals surface area (Å²) in [5.74, 6) is -0.902. The van der Waals surface area contributed by atoms with Crippen molar-refractivity contribution in [3.05, 3.63) is 36.5 Å². The second kappa shape index (κ2) is 43.4. The van der Waals surface area contributed by atoms with Crippen molar-refractivity contribution in [2.24, 2.45) is 0 Å². The van der Waals surface area contributed by atoms with Crippen molar-refractivity contribution in [3.8, 4) is 0 Å². The number of rotatable bonds is 41. The largest absolute Gasteiger partial charge is 0.462 e. The average molecular weight is 759 g/mol. The molecule has 0 amide bonds. The van der Waals surface area contributed by atoms with Gasteiger partial charge in [0.25, 0.3) is 0 Å². The first-order valence-corrected chi connectivity index (χ1v) is 23.0. The van der Waals surface area contributed by atoms with Gasteiger partial charge in [-0.1, -0.05) is 179 Å². The van der Waals surface area contributed by atoms with Gasteiger partial charge < -0.3 is 14.2 Å². The summed E-state index contributed by atoms with van der Waals surface area (Å²) < 4.78 is 16.7. The highest BCUT2D eigenvalue weighted by molar-refractivity contribution is 5.71. The van der Waals surface area contributed by atoms with Gasteiger partial charge in [0.1, 0.15) is 13.2 Å². The molecule has 0 fully saturated rings. The lowest BCUT2D eigenvalue weighted by Crippen LogP contribution is -2.30. The molecule has 1 unspecified atom stereocenters. The van der Waals surface area contributed by atoms with Gasteiger partial charge in [-0.05, 0) is 70.6 Å². The molecule has 0 N–H and O–H groups in total.